The number of rotatable bonds is 6. The van der Waals surface area contributed by atoms with Crippen LogP contribution in [0.25, 0.3) is 0 Å². The molecule has 4 heteroatoms. The summed E-state index contributed by atoms with van der Waals surface area (Å²) in [5, 5.41) is 2.94. The van der Waals surface area contributed by atoms with E-state index in [9.17, 15) is 4.79 Å². The maximum Gasteiger partial charge on any atom is 0.253 e. The van der Waals surface area contributed by atoms with Crippen LogP contribution < -0.4 is 16.6 Å². The van der Waals surface area contributed by atoms with Crippen LogP contribution in [0.3, 0.4) is 0 Å². The minimum absolute atomic E-state index is 0.0567. The van der Waals surface area contributed by atoms with Crippen molar-refractivity contribution >= 4 is 11.6 Å². The fourth-order valence-corrected chi connectivity index (χ4v) is 2.07. The molecule has 0 aliphatic heterocycles. The molecule has 1 fully saturated rings. The number of aryl methyl sites for hydroxylation is 1. The predicted molar refractivity (Wildman–Crippen MR) is 73.3 cm³/mol. The Morgan fingerprint density at radius 1 is 1.44 bits per heavy atom. The molecule has 4 N–H and O–H groups in total. The highest BCUT2D eigenvalue weighted by molar-refractivity contribution is 5.99. The third-order valence-corrected chi connectivity index (χ3v) is 3.35. The molecular formula is C14H21N3O. The van der Waals surface area contributed by atoms with Crippen molar-refractivity contribution in [1.82, 2.24) is 5.32 Å². The van der Waals surface area contributed by atoms with Crippen molar-refractivity contribution in [1.29, 1.82) is 0 Å². The van der Waals surface area contributed by atoms with Gasteiger partial charge in [0.2, 0.25) is 0 Å². The van der Waals surface area contributed by atoms with Gasteiger partial charge in [0.15, 0.2) is 0 Å². The number of hydrazine groups is 1. The molecule has 0 aromatic heterocycles. The first-order chi connectivity index (χ1) is 8.70. The van der Waals surface area contributed by atoms with Crippen LogP contribution in [-0.4, -0.2) is 12.5 Å². The fraction of sp³-hybridized carbons (Fsp3) is 0.500. The number of hydrogen-bond donors (Lipinski definition) is 3. The summed E-state index contributed by atoms with van der Waals surface area (Å²) in [6, 6.07) is 5.60. The van der Waals surface area contributed by atoms with Gasteiger partial charge in [0.25, 0.3) is 5.91 Å². The van der Waals surface area contributed by atoms with Gasteiger partial charge in [-0.05, 0) is 43.4 Å². The number of nitrogen functional groups attached to an aromatic ring is 1. The van der Waals surface area contributed by atoms with E-state index in [1.165, 1.54) is 19.3 Å². The molecule has 0 radical (unpaired) electrons. The lowest BCUT2D eigenvalue weighted by molar-refractivity contribution is 0.0953. The van der Waals surface area contributed by atoms with Crippen molar-refractivity contribution in [3.8, 4) is 0 Å². The summed E-state index contributed by atoms with van der Waals surface area (Å²) in [6.07, 6.45) is 5.03. The zero-order chi connectivity index (χ0) is 13.0. The number of nitrogens with one attached hydrogen (secondary N) is 2. The van der Waals surface area contributed by atoms with Gasteiger partial charge in [0, 0.05) is 6.54 Å². The molecule has 2 rings (SSSR count). The van der Waals surface area contributed by atoms with Gasteiger partial charge in [-0.15, -0.1) is 0 Å². The Morgan fingerprint density at radius 3 is 2.89 bits per heavy atom. The highest BCUT2D eigenvalue weighted by Gasteiger charge is 2.20. The van der Waals surface area contributed by atoms with Crippen LogP contribution in [0, 0.1) is 12.8 Å². The van der Waals surface area contributed by atoms with Gasteiger partial charge in [-0.2, -0.15) is 0 Å². The lowest BCUT2D eigenvalue weighted by atomic mass is 10.1. The number of benzene rings is 1. The SMILES string of the molecule is Cc1ccc(C(=O)NCCCC2CC2)c(NN)c1. The largest absolute Gasteiger partial charge is 0.352 e. The maximum absolute atomic E-state index is 12.0. The number of carbonyl (C=O) groups is 1. The Hall–Kier alpha value is -1.55. The molecule has 1 aromatic rings. The normalized spacial score (nSPS) is 14.3. The van der Waals surface area contributed by atoms with E-state index in [-0.39, 0.29) is 5.91 Å². The molecule has 1 amide bonds. The highest BCUT2D eigenvalue weighted by atomic mass is 16.1. The Balaban J connectivity index is 1.86. The minimum atomic E-state index is -0.0567. The van der Waals surface area contributed by atoms with E-state index in [0.717, 1.165) is 24.4 Å². The van der Waals surface area contributed by atoms with Crippen molar-refractivity contribution in [2.45, 2.75) is 32.6 Å². The first-order valence-corrected chi connectivity index (χ1v) is 6.56. The number of anilines is 1. The van der Waals surface area contributed by atoms with E-state index in [4.69, 9.17) is 5.84 Å². The van der Waals surface area contributed by atoms with Crippen LogP contribution in [0.15, 0.2) is 18.2 Å². The topological polar surface area (TPSA) is 67.2 Å². The van der Waals surface area contributed by atoms with Crippen molar-refractivity contribution in [2.75, 3.05) is 12.0 Å². The third kappa shape index (κ3) is 3.47. The third-order valence-electron chi connectivity index (χ3n) is 3.35. The maximum atomic E-state index is 12.0. The number of hydrogen-bond acceptors (Lipinski definition) is 3. The predicted octanol–water partition coefficient (Wildman–Crippen LogP) is 2.20. The second-order valence-corrected chi connectivity index (χ2v) is 5.03. The van der Waals surface area contributed by atoms with Gasteiger partial charge in [0.05, 0.1) is 11.3 Å². The minimum Gasteiger partial charge on any atom is -0.352 e. The molecule has 0 atom stereocenters. The van der Waals surface area contributed by atoms with E-state index < -0.39 is 0 Å². The zero-order valence-corrected chi connectivity index (χ0v) is 10.8. The molecule has 0 heterocycles. The monoisotopic (exact) mass is 247 g/mol. The summed E-state index contributed by atoms with van der Waals surface area (Å²) in [5.74, 6) is 6.29. The molecule has 0 saturated heterocycles. The van der Waals surface area contributed by atoms with Crippen LogP contribution in [-0.2, 0) is 0 Å². The van der Waals surface area contributed by atoms with E-state index in [0.29, 0.717) is 11.3 Å². The first kappa shape index (κ1) is 12.9. The summed E-state index contributed by atoms with van der Waals surface area (Å²) >= 11 is 0. The average Bonchev–Trinajstić information content (AvgIpc) is 3.18. The van der Waals surface area contributed by atoms with Crippen LogP contribution in [0.2, 0.25) is 0 Å². The van der Waals surface area contributed by atoms with Crippen LogP contribution in [0.1, 0.15) is 41.6 Å². The van der Waals surface area contributed by atoms with E-state index in [1.807, 2.05) is 19.1 Å². The second kappa shape index (κ2) is 5.87. The summed E-state index contributed by atoms with van der Waals surface area (Å²) in [4.78, 5) is 12.0. The van der Waals surface area contributed by atoms with Crippen LogP contribution in [0.4, 0.5) is 5.69 Å². The van der Waals surface area contributed by atoms with E-state index in [1.54, 1.807) is 6.07 Å². The highest BCUT2D eigenvalue weighted by Crippen LogP contribution is 2.33. The van der Waals surface area contributed by atoms with Gasteiger partial charge in [0.1, 0.15) is 0 Å². The molecule has 0 bridgehead atoms. The number of amides is 1. The number of nitrogens with two attached hydrogens (primary N) is 1. The summed E-state index contributed by atoms with van der Waals surface area (Å²) in [7, 11) is 0. The second-order valence-electron chi connectivity index (χ2n) is 5.03. The molecule has 1 aliphatic carbocycles. The standard InChI is InChI=1S/C14H21N3O/c1-10-4-7-12(13(9-10)17-15)14(18)16-8-2-3-11-5-6-11/h4,7,9,11,17H,2-3,5-6,8,15H2,1H3,(H,16,18). The fourth-order valence-electron chi connectivity index (χ4n) is 2.07. The summed E-state index contributed by atoms with van der Waals surface area (Å²) in [5.41, 5.74) is 4.93. The Bertz CT molecular complexity index is 427. The summed E-state index contributed by atoms with van der Waals surface area (Å²) in [6.45, 7) is 2.71. The van der Waals surface area contributed by atoms with Crippen LogP contribution in [0.5, 0.6) is 0 Å². The smallest absolute Gasteiger partial charge is 0.253 e. The Morgan fingerprint density at radius 2 is 2.22 bits per heavy atom. The van der Waals surface area contributed by atoms with E-state index >= 15 is 0 Å². The molecule has 1 aliphatic rings. The molecule has 1 saturated carbocycles. The molecular weight excluding hydrogens is 226 g/mol. The molecule has 98 valence electrons. The quantitative estimate of drug-likeness (QED) is 0.410. The van der Waals surface area contributed by atoms with Crippen molar-refractivity contribution in [2.24, 2.45) is 11.8 Å². The van der Waals surface area contributed by atoms with Crippen molar-refractivity contribution in [3.05, 3.63) is 29.3 Å². The van der Waals surface area contributed by atoms with Gasteiger partial charge in [-0.25, -0.2) is 0 Å². The van der Waals surface area contributed by atoms with Crippen LogP contribution >= 0.6 is 0 Å². The molecule has 18 heavy (non-hydrogen) atoms. The zero-order valence-electron chi connectivity index (χ0n) is 10.8. The van der Waals surface area contributed by atoms with Crippen molar-refractivity contribution in [3.63, 3.8) is 0 Å². The van der Waals surface area contributed by atoms with Gasteiger partial charge in [-0.3, -0.25) is 10.6 Å². The molecule has 0 unspecified atom stereocenters. The Labute approximate surface area is 108 Å². The summed E-state index contributed by atoms with van der Waals surface area (Å²) < 4.78 is 0. The molecule has 4 nitrogen and oxygen atoms in total. The van der Waals surface area contributed by atoms with Gasteiger partial charge in [-0.1, -0.05) is 18.9 Å². The first-order valence-electron chi connectivity index (χ1n) is 6.56. The van der Waals surface area contributed by atoms with Crippen molar-refractivity contribution < 1.29 is 4.79 Å². The van der Waals surface area contributed by atoms with Gasteiger partial charge < -0.3 is 10.7 Å². The molecule has 0 spiro atoms. The average molecular weight is 247 g/mol. The lowest BCUT2D eigenvalue weighted by Crippen LogP contribution is -2.26. The van der Waals surface area contributed by atoms with E-state index in [2.05, 4.69) is 10.7 Å². The van der Waals surface area contributed by atoms with Gasteiger partial charge >= 0.3 is 0 Å². The lowest BCUT2D eigenvalue weighted by Gasteiger charge is -2.10. The Kier molecular flexibility index (Phi) is 4.20. The number of carbonyl (C=O) groups excluding carboxylic acids is 1. The molecule has 1 aromatic carbocycles.